The van der Waals surface area contributed by atoms with Crippen molar-refractivity contribution < 1.29 is 0 Å². The van der Waals surface area contributed by atoms with E-state index < -0.39 is 0 Å². The molecule has 38 heavy (non-hydrogen) atoms. The average molecular weight is 517 g/mol. The molecule has 4 N–H and O–H groups in total. The van der Waals surface area contributed by atoms with Crippen LogP contribution in [0.25, 0.3) is 22.3 Å². The normalized spacial score (nSPS) is 18.1. The summed E-state index contributed by atoms with van der Waals surface area (Å²) in [6.07, 6.45) is 9.32. The Labute approximate surface area is 227 Å². The molecular formula is C31H44N6O. The first-order valence-corrected chi connectivity index (χ1v) is 14.4. The molecule has 1 saturated heterocycles. The van der Waals surface area contributed by atoms with Gasteiger partial charge in [0.15, 0.2) is 0 Å². The zero-order chi connectivity index (χ0) is 27.1. The lowest BCUT2D eigenvalue weighted by Crippen LogP contribution is -2.44. The number of fused-ring (bicyclic) bond motifs is 1. The molecule has 3 aromatic rings. The van der Waals surface area contributed by atoms with Gasteiger partial charge in [-0.2, -0.15) is 0 Å². The van der Waals surface area contributed by atoms with Crippen molar-refractivity contribution in [1.82, 2.24) is 14.5 Å². The van der Waals surface area contributed by atoms with Gasteiger partial charge in [-0.15, -0.1) is 0 Å². The summed E-state index contributed by atoms with van der Waals surface area (Å²) in [6, 6.07) is 14.7. The Hall–Kier alpha value is -3.19. The number of likely N-dealkylation sites (tertiary alicyclic amines) is 1. The van der Waals surface area contributed by atoms with Crippen LogP contribution in [0, 0.1) is 5.41 Å². The Balaban J connectivity index is 1.58. The molecule has 0 spiro atoms. The number of benzene rings is 2. The minimum absolute atomic E-state index is 0.0203. The summed E-state index contributed by atoms with van der Waals surface area (Å²) < 4.78 is 1.90. The number of piperidine rings is 1. The van der Waals surface area contributed by atoms with Crippen molar-refractivity contribution in [1.29, 1.82) is 5.41 Å². The monoisotopic (exact) mass is 516 g/mol. The van der Waals surface area contributed by atoms with Crippen LogP contribution in [0.1, 0.15) is 77.7 Å². The number of rotatable bonds is 12. The van der Waals surface area contributed by atoms with Gasteiger partial charge < -0.3 is 15.6 Å². The summed E-state index contributed by atoms with van der Waals surface area (Å²) in [7, 11) is 0. The highest BCUT2D eigenvalue weighted by Gasteiger charge is 2.23. The minimum atomic E-state index is -0.0952. The Morgan fingerprint density at radius 2 is 1.82 bits per heavy atom. The second-order valence-corrected chi connectivity index (χ2v) is 10.8. The largest absolute Gasteiger partial charge is 0.385 e. The summed E-state index contributed by atoms with van der Waals surface area (Å²) in [4.78, 5) is 21.3. The number of hydrogen-bond donors (Lipinski definition) is 3. The van der Waals surface area contributed by atoms with Crippen LogP contribution >= 0.6 is 0 Å². The summed E-state index contributed by atoms with van der Waals surface area (Å²) >= 11 is 0. The SMILES string of the molecule is CCCCNc1ccc2nc(-c3cccc(C(=N)N)c3)c(=O)n(CCCCCN3[C@H](C)CCC[C@@H]3C)c2c1. The Morgan fingerprint density at radius 1 is 1.05 bits per heavy atom. The molecule has 1 aliphatic heterocycles. The van der Waals surface area contributed by atoms with Gasteiger partial charge in [0, 0.05) is 42.0 Å². The zero-order valence-corrected chi connectivity index (χ0v) is 23.3. The van der Waals surface area contributed by atoms with E-state index in [0.29, 0.717) is 35.4 Å². The average Bonchev–Trinajstić information content (AvgIpc) is 2.91. The van der Waals surface area contributed by atoms with Crippen molar-refractivity contribution in [2.75, 3.05) is 18.4 Å². The molecule has 204 valence electrons. The van der Waals surface area contributed by atoms with Crippen molar-refractivity contribution in [3.63, 3.8) is 0 Å². The molecule has 0 radical (unpaired) electrons. The smallest absolute Gasteiger partial charge is 0.277 e. The first-order valence-electron chi connectivity index (χ1n) is 14.4. The van der Waals surface area contributed by atoms with Crippen molar-refractivity contribution in [2.45, 2.75) is 90.8 Å². The molecule has 0 saturated carbocycles. The topological polar surface area (TPSA) is 100 Å². The van der Waals surface area contributed by atoms with E-state index in [4.69, 9.17) is 16.1 Å². The van der Waals surface area contributed by atoms with Gasteiger partial charge in [-0.1, -0.05) is 44.4 Å². The molecule has 7 heteroatoms. The predicted molar refractivity (Wildman–Crippen MR) is 159 cm³/mol. The number of amidine groups is 1. The highest BCUT2D eigenvalue weighted by molar-refractivity contribution is 5.96. The molecule has 0 amide bonds. The lowest BCUT2D eigenvalue weighted by molar-refractivity contribution is 0.101. The third kappa shape index (κ3) is 6.62. The van der Waals surface area contributed by atoms with Gasteiger partial charge in [0.05, 0.1) is 11.0 Å². The van der Waals surface area contributed by atoms with E-state index in [2.05, 4.69) is 37.1 Å². The number of aryl methyl sites for hydroxylation is 1. The van der Waals surface area contributed by atoms with Gasteiger partial charge in [0.1, 0.15) is 11.5 Å². The highest BCUT2D eigenvalue weighted by Crippen LogP contribution is 2.24. The Morgan fingerprint density at radius 3 is 2.55 bits per heavy atom. The van der Waals surface area contributed by atoms with E-state index >= 15 is 0 Å². The number of nitrogen functional groups attached to an aromatic ring is 1. The van der Waals surface area contributed by atoms with E-state index in [1.807, 2.05) is 28.8 Å². The van der Waals surface area contributed by atoms with E-state index in [0.717, 1.165) is 61.9 Å². The van der Waals surface area contributed by atoms with E-state index in [1.165, 1.54) is 19.3 Å². The van der Waals surface area contributed by atoms with Crippen LogP contribution in [0.3, 0.4) is 0 Å². The molecular weight excluding hydrogens is 472 g/mol. The van der Waals surface area contributed by atoms with Gasteiger partial charge in [-0.25, -0.2) is 4.98 Å². The van der Waals surface area contributed by atoms with Gasteiger partial charge in [0.2, 0.25) is 0 Å². The van der Waals surface area contributed by atoms with Gasteiger partial charge >= 0.3 is 0 Å². The fourth-order valence-corrected chi connectivity index (χ4v) is 5.66. The van der Waals surface area contributed by atoms with Crippen LogP contribution < -0.4 is 16.6 Å². The molecule has 7 nitrogen and oxygen atoms in total. The molecule has 2 atom stereocenters. The fourth-order valence-electron chi connectivity index (χ4n) is 5.66. The zero-order valence-electron chi connectivity index (χ0n) is 23.3. The summed E-state index contributed by atoms with van der Waals surface area (Å²) in [5.74, 6) is -0.0203. The van der Waals surface area contributed by atoms with Crippen LogP contribution in [0.5, 0.6) is 0 Å². The van der Waals surface area contributed by atoms with Crippen LogP contribution in [0.4, 0.5) is 5.69 Å². The summed E-state index contributed by atoms with van der Waals surface area (Å²) in [5.41, 5.74) is 9.98. The number of anilines is 1. The number of nitrogens with zero attached hydrogens (tertiary/aromatic N) is 3. The van der Waals surface area contributed by atoms with Crippen molar-refractivity contribution in [3.8, 4) is 11.3 Å². The maximum atomic E-state index is 13.8. The molecule has 1 fully saturated rings. The van der Waals surface area contributed by atoms with E-state index in [-0.39, 0.29) is 11.4 Å². The van der Waals surface area contributed by atoms with E-state index in [1.54, 1.807) is 12.1 Å². The molecule has 4 rings (SSSR count). The van der Waals surface area contributed by atoms with E-state index in [9.17, 15) is 4.79 Å². The van der Waals surface area contributed by atoms with Crippen LogP contribution in [-0.2, 0) is 6.54 Å². The first-order chi connectivity index (χ1) is 18.4. The number of nitrogens with two attached hydrogens (primary N) is 1. The van der Waals surface area contributed by atoms with Crippen LogP contribution in [-0.4, -0.2) is 45.5 Å². The van der Waals surface area contributed by atoms with Gasteiger partial charge in [-0.3, -0.25) is 15.1 Å². The molecule has 1 aromatic heterocycles. The molecule has 0 unspecified atom stereocenters. The predicted octanol–water partition coefficient (Wildman–Crippen LogP) is 5.99. The maximum Gasteiger partial charge on any atom is 0.277 e. The van der Waals surface area contributed by atoms with Gasteiger partial charge in [0.25, 0.3) is 5.56 Å². The number of unbranched alkanes of at least 4 members (excludes halogenated alkanes) is 3. The minimum Gasteiger partial charge on any atom is -0.385 e. The lowest BCUT2D eigenvalue weighted by Gasteiger charge is -2.39. The third-order valence-corrected chi connectivity index (χ3v) is 7.93. The maximum absolute atomic E-state index is 13.8. The molecule has 0 bridgehead atoms. The van der Waals surface area contributed by atoms with Gasteiger partial charge in [-0.05, 0) is 76.8 Å². The van der Waals surface area contributed by atoms with Crippen molar-refractivity contribution in [2.24, 2.45) is 5.73 Å². The molecule has 2 heterocycles. The Kier molecular flexibility index (Phi) is 9.56. The molecule has 0 aliphatic carbocycles. The van der Waals surface area contributed by atoms with Crippen LogP contribution in [0.2, 0.25) is 0 Å². The quantitative estimate of drug-likeness (QED) is 0.156. The van der Waals surface area contributed by atoms with Crippen molar-refractivity contribution in [3.05, 3.63) is 58.4 Å². The third-order valence-electron chi connectivity index (χ3n) is 7.93. The molecule has 2 aromatic carbocycles. The standard InChI is InChI=1S/C31H44N6O/c1-4-5-17-34-26-15-16-27-28(21-26)37(19-8-6-7-18-36-22(2)11-9-12-23(36)3)31(38)29(35-27)24-13-10-14-25(20-24)30(32)33/h10,13-16,20-23,34H,4-9,11-12,17-19H2,1-3H3,(H3,32,33)/t22-,23+. The van der Waals surface area contributed by atoms with Crippen LogP contribution in [0.15, 0.2) is 47.3 Å². The fraction of sp³-hybridized carbons (Fsp3) is 0.516. The van der Waals surface area contributed by atoms with Crippen molar-refractivity contribution >= 4 is 22.6 Å². The number of hydrogen-bond acceptors (Lipinski definition) is 5. The Bertz CT molecular complexity index is 1290. The number of nitrogens with one attached hydrogen (secondary N) is 2. The second-order valence-electron chi connectivity index (χ2n) is 10.8. The number of aromatic nitrogens is 2. The second kappa shape index (κ2) is 13.1. The summed E-state index contributed by atoms with van der Waals surface area (Å²) in [5, 5.41) is 11.3. The molecule has 1 aliphatic rings. The summed E-state index contributed by atoms with van der Waals surface area (Å²) in [6.45, 7) is 9.58. The highest BCUT2D eigenvalue weighted by atomic mass is 16.1. The first kappa shape index (κ1) is 27.8. The lowest BCUT2D eigenvalue weighted by atomic mass is 9.97.